The van der Waals surface area contributed by atoms with Gasteiger partial charge in [-0.3, -0.25) is 19.4 Å². The Morgan fingerprint density at radius 3 is 1.22 bits per heavy atom. The molecule has 0 saturated carbocycles. The minimum absolute atomic E-state index is 0.108. The normalized spacial score (nSPS) is 20.7. The number of nitrogens with zero attached hydrogens (tertiary/aromatic N) is 2. The lowest BCUT2D eigenvalue weighted by atomic mass is 9.67. The van der Waals surface area contributed by atoms with Crippen molar-refractivity contribution in [3.63, 3.8) is 0 Å². The maximum absolute atomic E-state index is 14.5. The highest BCUT2D eigenvalue weighted by atomic mass is 16.5. The molecule has 0 spiro atoms. The first kappa shape index (κ1) is 26.3. The molecular formula is C28H36N2O6. The van der Waals surface area contributed by atoms with Crippen LogP contribution in [0.2, 0.25) is 0 Å². The second-order valence-corrected chi connectivity index (χ2v) is 9.46. The van der Waals surface area contributed by atoms with Crippen molar-refractivity contribution in [2.24, 2.45) is 0 Å². The minimum atomic E-state index is -1.18. The molecule has 2 aromatic carbocycles. The summed E-state index contributed by atoms with van der Waals surface area (Å²) in [7, 11) is 3.19. The van der Waals surface area contributed by atoms with Gasteiger partial charge in [0.1, 0.15) is 22.6 Å². The lowest BCUT2D eigenvalue weighted by molar-refractivity contribution is -0.0839. The minimum Gasteiger partial charge on any atom is -0.497 e. The van der Waals surface area contributed by atoms with E-state index in [0.29, 0.717) is 75.2 Å². The molecule has 36 heavy (non-hydrogen) atoms. The number of morpholine rings is 2. The van der Waals surface area contributed by atoms with Gasteiger partial charge in [0.05, 0.1) is 40.6 Å². The van der Waals surface area contributed by atoms with E-state index in [1.165, 1.54) is 0 Å². The number of ether oxygens (including phenoxy) is 4. The van der Waals surface area contributed by atoms with Gasteiger partial charge >= 0.3 is 0 Å². The Labute approximate surface area is 213 Å². The molecule has 2 fully saturated rings. The van der Waals surface area contributed by atoms with E-state index in [1.807, 2.05) is 13.8 Å². The Balaban J connectivity index is 1.87. The van der Waals surface area contributed by atoms with Crippen LogP contribution >= 0.6 is 0 Å². The molecule has 0 N–H and O–H groups in total. The Morgan fingerprint density at radius 1 is 0.639 bits per heavy atom. The number of ketones is 2. The van der Waals surface area contributed by atoms with Crippen molar-refractivity contribution in [2.75, 3.05) is 66.8 Å². The van der Waals surface area contributed by atoms with Crippen molar-refractivity contribution in [3.8, 4) is 11.5 Å². The number of rotatable bonds is 9. The average Bonchev–Trinajstić information content (AvgIpc) is 2.96. The molecule has 0 amide bonds. The van der Waals surface area contributed by atoms with Crippen LogP contribution in [0.15, 0.2) is 48.5 Å². The number of hydrogen-bond donors (Lipinski definition) is 0. The zero-order chi connectivity index (χ0) is 25.8. The summed E-state index contributed by atoms with van der Waals surface area (Å²) in [5.41, 5.74) is -1.29. The third-order valence-corrected chi connectivity index (χ3v) is 7.82. The van der Waals surface area contributed by atoms with Crippen molar-refractivity contribution in [1.82, 2.24) is 9.80 Å². The van der Waals surface area contributed by atoms with Crippen molar-refractivity contribution >= 4 is 11.6 Å². The molecule has 194 valence electrons. The third kappa shape index (κ3) is 4.66. The van der Waals surface area contributed by atoms with Gasteiger partial charge in [0, 0.05) is 37.3 Å². The summed E-state index contributed by atoms with van der Waals surface area (Å²) in [6, 6.07) is 14.2. The molecule has 2 unspecified atom stereocenters. The lowest BCUT2D eigenvalue weighted by Crippen LogP contribution is -2.76. The van der Waals surface area contributed by atoms with Crippen molar-refractivity contribution < 1.29 is 28.5 Å². The zero-order valence-corrected chi connectivity index (χ0v) is 21.6. The summed E-state index contributed by atoms with van der Waals surface area (Å²) < 4.78 is 21.9. The summed E-state index contributed by atoms with van der Waals surface area (Å²) in [4.78, 5) is 33.3. The molecule has 2 aliphatic heterocycles. The Kier molecular flexibility index (Phi) is 8.10. The molecular weight excluding hydrogens is 460 g/mol. The zero-order valence-electron chi connectivity index (χ0n) is 21.6. The summed E-state index contributed by atoms with van der Waals surface area (Å²) in [6.45, 7) is 8.04. The smallest absolute Gasteiger partial charge is 0.185 e. The molecule has 2 heterocycles. The number of hydrogen-bond acceptors (Lipinski definition) is 8. The van der Waals surface area contributed by atoms with Gasteiger partial charge in [-0.25, -0.2) is 0 Å². The highest BCUT2D eigenvalue weighted by Gasteiger charge is 2.61. The van der Waals surface area contributed by atoms with Gasteiger partial charge in [-0.2, -0.15) is 0 Å². The highest BCUT2D eigenvalue weighted by Crippen LogP contribution is 2.41. The van der Waals surface area contributed by atoms with Crippen LogP contribution in [0.5, 0.6) is 11.5 Å². The van der Waals surface area contributed by atoms with E-state index in [9.17, 15) is 9.59 Å². The number of benzene rings is 2. The summed E-state index contributed by atoms with van der Waals surface area (Å²) in [5.74, 6) is 1.13. The molecule has 8 heteroatoms. The Hall–Kier alpha value is -2.78. The quantitative estimate of drug-likeness (QED) is 0.491. The maximum atomic E-state index is 14.5. The van der Waals surface area contributed by atoms with E-state index >= 15 is 0 Å². The number of methoxy groups -OCH3 is 2. The van der Waals surface area contributed by atoms with E-state index in [1.54, 1.807) is 62.8 Å². The molecule has 2 aliphatic rings. The van der Waals surface area contributed by atoms with Crippen LogP contribution in [0.25, 0.3) is 0 Å². The Bertz CT molecular complexity index is 959. The van der Waals surface area contributed by atoms with Gasteiger partial charge in [0.15, 0.2) is 11.6 Å². The van der Waals surface area contributed by atoms with Crippen LogP contribution in [0.3, 0.4) is 0 Å². The summed E-state index contributed by atoms with van der Waals surface area (Å²) in [5, 5.41) is 0. The molecule has 2 saturated heterocycles. The van der Waals surface area contributed by atoms with Gasteiger partial charge in [0.25, 0.3) is 0 Å². The van der Waals surface area contributed by atoms with Gasteiger partial charge in [0.2, 0.25) is 0 Å². The van der Waals surface area contributed by atoms with Crippen LogP contribution in [-0.2, 0) is 9.47 Å². The van der Waals surface area contributed by atoms with Gasteiger partial charge in [-0.05, 0) is 62.4 Å². The molecule has 0 aliphatic carbocycles. The van der Waals surface area contributed by atoms with Crippen LogP contribution in [0.4, 0.5) is 0 Å². The molecule has 8 nitrogen and oxygen atoms in total. The monoisotopic (exact) mass is 496 g/mol. The predicted molar refractivity (Wildman–Crippen MR) is 136 cm³/mol. The van der Waals surface area contributed by atoms with Gasteiger partial charge < -0.3 is 18.9 Å². The predicted octanol–water partition coefficient (Wildman–Crippen LogP) is 2.95. The van der Waals surface area contributed by atoms with Crippen molar-refractivity contribution in [2.45, 2.75) is 24.9 Å². The first-order chi connectivity index (χ1) is 17.4. The second-order valence-electron chi connectivity index (χ2n) is 9.46. The first-order valence-corrected chi connectivity index (χ1v) is 12.4. The van der Waals surface area contributed by atoms with E-state index in [0.717, 1.165) is 0 Å². The summed E-state index contributed by atoms with van der Waals surface area (Å²) >= 11 is 0. The van der Waals surface area contributed by atoms with Crippen LogP contribution < -0.4 is 9.47 Å². The van der Waals surface area contributed by atoms with E-state index in [4.69, 9.17) is 18.9 Å². The third-order valence-electron chi connectivity index (χ3n) is 7.82. The number of Topliss-reactive ketones (excluding diaryl/α,β-unsaturated/α-hetero) is 2. The van der Waals surface area contributed by atoms with Crippen molar-refractivity contribution in [1.29, 1.82) is 0 Å². The van der Waals surface area contributed by atoms with E-state index < -0.39 is 11.1 Å². The standard InChI is InChI=1S/C28H36N2O6/c1-27(29-13-17-35-18-14-29,25(31)21-5-9-23(33-3)10-6-21)28(2,30-15-19-36-20-16-30)26(32)22-7-11-24(34-4)12-8-22/h5-12H,13-20H2,1-4H3. The largest absolute Gasteiger partial charge is 0.497 e. The SMILES string of the molecule is COc1ccc(C(=O)C(C)(N2CCOCC2)C(C)(C(=O)c2ccc(OC)cc2)N2CCOCC2)cc1. The lowest BCUT2D eigenvalue weighted by Gasteiger charge is -2.56. The fourth-order valence-electron chi connectivity index (χ4n) is 5.41. The second kappa shape index (κ2) is 11.1. The molecule has 2 atom stereocenters. The highest BCUT2D eigenvalue weighted by molar-refractivity contribution is 6.13. The topological polar surface area (TPSA) is 77.5 Å². The molecule has 0 bridgehead atoms. The van der Waals surface area contributed by atoms with E-state index in [-0.39, 0.29) is 11.6 Å². The molecule has 0 radical (unpaired) electrons. The first-order valence-electron chi connectivity index (χ1n) is 12.4. The number of carbonyl (C=O) groups is 2. The van der Waals surface area contributed by atoms with Crippen LogP contribution in [0, 0.1) is 0 Å². The molecule has 4 rings (SSSR count). The Morgan fingerprint density at radius 2 is 0.944 bits per heavy atom. The van der Waals surface area contributed by atoms with Gasteiger partial charge in [-0.1, -0.05) is 0 Å². The summed E-state index contributed by atoms with van der Waals surface area (Å²) in [6.07, 6.45) is 0. The molecule has 0 aromatic heterocycles. The van der Waals surface area contributed by atoms with Crippen LogP contribution in [0.1, 0.15) is 34.6 Å². The average molecular weight is 497 g/mol. The van der Waals surface area contributed by atoms with Gasteiger partial charge in [-0.15, -0.1) is 0 Å². The fraction of sp³-hybridized carbons (Fsp3) is 0.500. The van der Waals surface area contributed by atoms with Crippen LogP contribution in [-0.4, -0.2) is 99.3 Å². The molecule has 2 aromatic rings. The fourth-order valence-corrected chi connectivity index (χ4v) is 5.41. The number of carbonyl (C=O) groups excluding carboxylic acids is 2. The van der Waals surface area contributed by atoms with E-state index in [2.05, 4.69) is 9.80 Å². The van der Waals surface area contributed by atoms with Crippen molar-refractivity contribution in [3.05, 3.63) is 59.7 Å². The maximum Gasteiger partial charge on any atom is 0.185 e.